The van der Waals surface area contributed by atoms with Crippen LogP contribution >= 0.6 is 0 Å². The minimum Gasteiger partial charge on any atom is -0.481 e. The Hall–Kier alpha value is -0.790. The third kappa shape index (κ3) is 1.38. The molecule has 0 aromatic rings. The van der Waals surface area contributed by atoms with Crippen LogP contribution in [-0.2, 0) is 4.79 Å². The molecule has 1 saturated carbocycles. The van der Waals surface area contributed by atoms with Crippen molar-refractivity contribution in [2.45, 2.75) is 25.7 Å². The van der Waals surface area contributed by atoms with Gasteiger partial charge >= 0.3 is 5.97 Å². The van der Waals surface area contributed by atoms with E-state index in [1.807, 2.05) is 0 Å². The van der Waals surface area contributed by atoms with E-state index in [0.717, 1.165) is 19.3 Å². The second-order valence-corrected chi connectivity index (χ2v) is 4.03. The first-order valence-corrected chi connectivity index (χ1v) is 4.65. The molecular weight excluding hydrogens is 152 g/mol. The molecule has 2 bridgehead atoms. The molecule has 2 heteroatoms. The van der Waals surface area contributed by atoms with Crippen LogP contribution in [0.5, 0.6) is 0 Å². The second-order valence-electron chi connectivity index (χ2n) is 4.03. The average molecular weight is 166 g/mol. The van der Waals surface area contributed by atoms with Crippen molar-refractivity contribution in [3.05, 3.63) is 12.2 Å². The minimum absolute atomic E-state index is 0.0706. The van der Waals surface area contributed by atoms with Crippen LogP contribution in [-0.4, -0.2) is 11.1 Å². The Kier molecular flexibility index (Phi) is 1.91. The number of aliphatic carboxylic acids is 1. The van der Waals surface area contributed by atoms with Crippen molar-refractivity contribution in [1.82, 2.24) is 0 Å². The zero-order chi connectivity index (χ0) is 8.55. The molecule has 0 amide bonds. The summed E-state index contributed by atoms with van der Waals surface area (Å²) in [5.41, 5.74) is 0. The number of hydrogen-bond donors (Lipinski definition) is 1. The van der Waals surface area contributed by atoms with Crippen LogP contribution in [0.2, 0.25) is 0 Å². The average Bonchev–Trinajstić information content (AvgIpc) is 2.03. The van der Waals surface area contributed by atoms with Gasteiger partial charge in [0.25, 0.3) is 0 Å². The molecule has 2 aliphatic carbocycles. The maximum atomic E-state index is 10.8. The molecule has 1 fully saturated rings. The third-order valence-electron chi connectivity index (χ3n) is 3.07. The Bertz CT molecular complexity index is 220. The largest absolute Gasteiger partial charge is 0.481 e. The van der Waals surface area contributed by atoms with Gasteiger partial charge in [0.15, 0.2) is 0 Å². The number of carbonyl (C=O) groups is 1. The Balaban J connectivity index is 2.07. The van der Waals surface area contributed by atoms with Crippen LogP contribution < -0.4 is 0 Å². The molecule has 2 aliphatic rings. The summed E-state index contributed by atoms with van der Waals surface area (Å²) in [4.78, 5) is 10.8. The molecule has 0 spiro atoms. The van der Waals surface area contributed by atoms with E-state index in [9.17, 15) is 4.79 Å². The predicted octanol–water partition coefficient (Wildman–Crippen LogP) is 2.06. The molecule has 0 aromatic heterocycles. The minimum atomic E-state index is -0.597. The smallest absolute Gasteiger partial charge is 0.306 e. The van der Waals surface area contributed by atoms with E-state index in [4.69, 9.17) is 5.11 Å². The summed E-state index contributed by atoms with van der Waals surface area (Å²) >= 11 is 0. The van der Waals surface area contributed by atoms with E-state index in [1.165, 1.54) is 6.42 Å². The first kappa shape index (κ1) is 7.84. The SMILES string of the molecule is O=C(O)C1CC2C=CCC(C2)C1. The Morgan fingerprint density at radius 1 is 1.33 bits per heavy atom. The van der Waals surface area contributed by atoms with Crippen LogP contribution in [0.15, 0.2) is 12.2 Å². The maximum Gasteiger partial charge on any atom is 0.306 e. The fourth-order valence-corrected chi connectivity index (χ4v) is 2.50. The van der Waals surface area contributed by atoms with Gasteiger partial charge in [0, 0.05) is 0 Å². The molecule has 3 atom stereocenters. The normalized spacial score (nSPS) is 39.5. The lowest BCUT2D eigenvalue weighted by atomic mass is 9.71. The van der Waals surface area contributed by atoms with E-state index in [2.05, 4.69) is 12.2 Å². The molecule has 0 saturated heterocycles. The molecule has 2 nitrogen and oxygen atoms in total. The van der Waals surface area contributed by atoms with Crippen molar-refractivity contribution < 1.29 is 9.90 Å². The van der Waals surface area contributed by atoms with Crippen LogP contribution in [0.4, 0.5) is 0 Å². The molecule has 12 heavy (non-hydrogen) atoms. The van der Waals surface area contributed by atoms with Crippen LogP contribution in [0, 0.1) is 17.8 Å². The molecule has 0 radical (unpaired) electrons. The molecule has 66 valence electrons. The number of fused-ring (bicyclic) bond motifs is 2. The lowest BCUT2D eigenvalue weighted by Crippen LogP contribution is -2.28. The van der Waals surface area contributed by atoms with Gasteiger partial charge < -0.3 is 5.11 Å². The number of carboxylic acids is 1. The lowest BCUT2D eigenvalue weighted by Gasteiger charge is -2.33. The van der Waals surface area contributed by atoms with E-state index in [0.29, 0.717) is 11.8 Å². The van der Waals surface area contributed by atoms with Gasteiger partial charge in [0.2, 0.25) is 0 Å². The number of allylic oxidation sites excluding steroid dienone is 2. The Labute approximate surface area is 72.3 Å². The van der Waals surface area contributed by atoms with Crippen molar-refractivity contribution >= 4 is 5.97 Å². The van der Waals surface area contributed by atoms with Gasteiger partial charge in [0.1, 0.15) is 0 Å². The van der Waals surface area contributed by atoms with Crippen molar-refractivity contribution in [1.29, 1.82) is 0 Å². The first-order chi connectivity index (χ1) is 5.75. The number of hydrogen-bond acceptors (Lipinski definition) is 1. The zero-order valence-corrected chi connectivity index (χ0v) is 7.07. The summed E-state index contributed by atoms with van der Waals surface area (Å²) in [6, 6.07) is 0. The van der Waals surface area contributed by atoms with E-state index in [1.54, 1.807) is 0 Å². The van der Waals surface area contributed by atoms with Crippen LogP contribution in [0.25, 0.3) is 0 Å². The summed E-state index contributed by atoms with van der Waals surface area (Å²) in [5, 5.41) is 8.87. The highest BCUT2D eigenvalue weighted by atomic mass is 16.4. The lowest BCUT2D eigenvalue weighted by molar-refractivity contribution is -0.143. The maximum absolute atomic E-state index is 10.8. The van der Waals surface area contributed by atoms with Crippen molar-refractivity contribution in [3.63, 3.8) is 0 Å². The van der Waals surface area contributed by atoms with Gasteiger partial charge in [-0.15, -0.1) is 0 Å². The summed E-state index contributed by atoms with van der Waals surface area (Å²) in [6.45, 7) is 0. The van der Waals surface area contributed by atoms with E-state index < -0.39 is 5.97 Å². The van der Waals surface area contributed by atoms with Gasteiger partial charge in [-0.1, -0.05) is 12.2 Å². The zero-order valence-electron chi connectivity index (χ0n) is 7.07. The summed E-state index contributed by atoms with van der Waals surface area (Å²) in [6.07, 6.45) is 8.50. The Morgan fingerprint density at radius 2 is 2.17 bits per heavy atom. The fraction of sp³-hybridized carbons (Fsp3) is 0.700. The fourth-order valence-electron chi connectivity index (χ4n) is 2.50. The highest BCUT2D eigenvalue weighted by molar-refractivity contribution is 5.70. The van der Waals surface area contributed by atoms with Crippen molar-refractivity contribution in [2.24, 2.45) is 17.8 Å². The number of rotatable bonds is 1. The topological polar surface area (TPSA) is 37.3 Å². The molecule has 2 rings (SSSR count). The van der Waals surface area contributed by atoms with Gasteiger partial charge in [-0.05, 0) is 37.5 Å². The monoisotopic (exact) mass is 166 g/mol. The molecule has 0 aromatic carbocycles. The van der Waals surface area contributed by atoms with E-state index in [-0.39, 0.29) is 5.92 Å². The molecule has 0 aliphatic heterocycles. The molecule has 0 heterocycles. The van der Waals surface area contributed by atoms with Crippen molar-refractivity contribution in [2.75, 3.05) is 0 Å². The van der Waals surface area contributed by atoms with Gasteiger partial charge in [-0.3, -0.25) is 4.79 Å². The summed E-state index contributed by atoms with van der Waals surface area (Å²) in [5.74, 6) is 0.534. The molecule has 3 unspecified atom stereocenters. The molecule has 1 N–H and O–H groups in total. The Morgan fingerprint density at radius 3 is 2.83 bits per heavy atom. The quantitative estimate of drug-likeness (QED) is 0.605. The first-order valence-electron chi connectivity index (χ1n) is 4.65. The van der Waals surface area contributed by atoms with Crippen molar-refractivity contribution in [3.8, 4) is 0 Å². The van der Waals surface area contributed by atoms with E-state index >= 15 is 0 Å². The summed E-state index contributed by atoms with van der Waals surface area (Å²) < 4.78 is 0. The number of carboxylic acid groups (broad SMARTS) is 1. The van der Waals surface area contributed by atoms with Gasteiger partial charge in [-0.2, -0.15) is 0 Å². The standard InChI is InChI=1S/C10H14O2/c11-10(12)9-5-7-2-1-3-8(4-7)6-9/h1-2,7-9H,3-6H2,(H,11,12). The highest BCUT2D eigenvalue weighted by Gasteiger charge is 2.32. The second kappa shape index (κ2) is 2.92. The van der Waals surface area contributed by atoms with Crippen LogP contribution in [0.1, 0.15) is 25.7 Å². The molecular formula is C10H14O2. The highest BCUT2D eigenvalue weighted by Crippen LogP contribution is 2.39. The van der Waals surface area contributed by atoms with Gasteiger partial charge in [0.05, 0.1) is 5.92 Å². The van der Waals surface area contributed by atoms with Gasteiger partial charge in [-0.25, -0.2) is 0 Å². The predicted molar refractivity (Wildman–Crippen MR) is 45.7 cm³/mol. The van der Waals surface area contributed by atoms with Crippen LogP contribution in [0.3, 0.4) is 0 Å². The summed E-state index contributed by atoms with van der Waals surface area (Å²) in [7, 11) is 0. The third-order valence-corrected chi connectivity index (χ3v) is 3.07.